The van der Waals surface area contributed by atoms with E-state index >= 15 is 0 Å². The number of hydrogen-bond donors (Lipinski definition) is 0. The Morgan fingerprint density at radius 2 is 1.89 bits per heavy atom. The molecule has 0 fully saturated rings. The lowest BCUT2D eigenvalue weighted by Crippen LogP contribution is -2.31. The number of sulfone groups is 1. The van der Waals surface area contributed by atoms with Crippen molar-refractivity contribution in [1.29, 1.82) is 0 Å². The lowest BCUT2D eigenvalue weighted by molar-refractivity contribution is 0.0712. The summed E-state index contributed by atoms with van der Waals surface area (Å²) < 4.78 is 38.9. The van der Waals surface area contributed by atoms with Gasteiger partial charge >= 0.3 is 0 Å². The highest BCUT2D eigenvalue weighted by Crippen LogP contribution is 2.21. The van der Waals surface area contributed by atoms with E-state index in [0.717, 1.165) is 0 Å². The highest BCUT2D eigenvalue weighted by molar-refractivity contribution is 7.90. The number of carbonyl (C=O) groups is 1. The third-order valence-electron chi connectivity index (χ3n) is 5.54. The fourth-order valence-electron chi connectivity index (χ4n) is 3.84. The largest absolute Gasteiger partial charge is 0.467 e. The van der Waals surface area contributed by atoms with Crippen molar-refractivity contribution in [1.82, 2.24) is 14.5 Å². The topological polar surface area (TPSA) is 94.6 Å². The number of carbonyl (C=O) groups excluding carboxylic acids is 1. The highest BCUT2D eigenvalue weighted by atomic mass is 35.5. The van der Waals surface area contributed by atoms with E-state index in [0.29, 0.717) is 27.6 Å². The smallest absolute Gasteiger partial charge is 0.254 e. The van der Waals surface area contributed by atoms with E-state index < -0.39 is 9.84 Å². The van der Waals surface area contributed by atoms with E-state index in [1.807, 2.05) is 6.07 Å². The average Bonchev–Trinajstić information content (AvgIpc) is 3.52. The maximum Gasteiger partial charge on any atom is 0.254 e. The van der Waals surface area contributed by atoms with Crippen molar-refractivity contribution < 1.29 is 22.4 Å². The van der Waals surface area contributed by atoms with E-state index in [9.17, 15) is 13.2 Å². The lowest BCUT2D eigenvalue weighted by Gasteiger charge is -2.23. The molecule has 0 radical (unpaired) electrons. The molecule has 0 unspecified atom stereocenters. The van der Waals surface area contributed by atoms with E-state index in [4.69, 9.17) is 20.8 Å². The van der Waals surface area contributed by atoms with Gasteiger partial charge in [0.15, 0.2) is 0 Å². The zero-order valence-corrected chi connectivity index (χ0v) is 21.3. The Kier molecular flexibility index (Phi) is 8.25. The van der Waals surface area contributed by atoms with E-state index in [1.54, 1.807) is 77.2 Å². The number of methoxy groups -OCH3 is 1. The number of nitrogens with zero attached hydrogens (tertiary/aromatic N) is 3. The number of benzene rings is 2. The molecule has 2 heterocycles. The zero-order chi connectivity index (χ0) is 25.5. The molecule has 0 aliphatic carbocycles. The SMILES string of the molecule is COCCn1c(CN(Cc2ccco2)C(=O)c2cccc(Cl)c2)cnc1S(=O)(=O)Cc1ccccc1. The number of ether oxygens (including phenoxy) is 1. The summed E-state index contributed by atoms with van der Waals surface area (Å²) in [6.07, 6.45) is 3.03. The van der Waals surface area contributed by atoms with Crippen LogP contribution in [0.5, 0.6) is 0 Å². The standard InChI is InChI=1S/C26H26ClN3O5S/c1-34-14-12-30-23(16-28-26(30)36(32,33)19-20-7-3-2-4-8-20)17-29(18-24-11-6-13-35-24)25(31)21-9-5-10-22(27)15-21/h2-11,13,15-16H,12,14,17-19H2,1H3. The zero-order valence-electron chi connectivity index (χ0n) is 19.7. The van der Waals surface area contributed by atoms with Crippen LogP contribution in [-0.2, 0) is 40.0 Å². The first kappa shape index (κ1) is 25.7. The third-order valence-corrected chi connectivity index (χ3v) is 7.37. The fourth-order valence-corrected chi connectivity index (χ4v) is 5.54. The Hall–Kier alpha value is -3.40. The van der Waals surface area contributed by atoms with Crippen molar-refractivity contribution >= 4 is 27.3 Å². The molecule has 10 heteroatoms. The highest BCUT2D eigenvalue weighted by Gasteiger charge is 2.26. The fraction of sp³-hybridized carbons (Fsp3) is 0.231. The van der Waals surface area contributed by atoms with Crippen LogP contribution in [0, 0.1) is 0 Å². The predicted octanol–water partition coefficient (Wildman–Crippen LogP) is 4.59. The van der Waals surface area contributed by atoms with Crippen molar-refractivity contribution in [2.45, 2.75) is 30.5 Å². The molecule has 0 atom stereocenters. The monoisotopic (exact) mass is 527 g/mol. The van der Waals surface area contributed by atoms with Crippen molar-refractivity contribution in [2.24, 2.45) is 0 Å². The van der Waals surface area contributed by atoms with Gasteiger partial charge in [0.1, 0.15) is 5.76 Å². The quantitative estimate of drug-likeness (QED) is 0.283. The first-order valence-electron chi connectivity index (χ1n) is 11.2. The van der Waals surface area contributed by atoms with Gasteiger partial charge in [-0.2, -0.15) is 0 Å². The van der Waals surface area contributed by atoms with Gasteiger partial charge in [0, 0.05) is 24.2 Å². The molecule has 0 aliphatic heterocycles. The molecule has 188 valence electrons. The van der Waals surface area contributed by atoms with Crippen LogP contribution in [0.1, 0.15) is 27.4 Å². The average molecular weight is 528 g/mol. The van der Waals surface area contributed by atoms with Gasteiger partial charge in [-0.25, -0.2) is 13.4 Å². The van der Waals surface area contributed by atoms with E-state index in [2.05, 4.69) is 4.98 Å². The summed E-state index contributed by atoms with van der Waals surface area (Å²) in [6, 6.07) is 19.1. The summed E-state index contributed by atoms with van der Waals surface area (Å²) >= 11 is 6.12. The summed E-state index contributed by atoms with van der Waals surface area (Å²) in [7, 11) is -2.22. The number of hydrogen-bond acceptors (Lipinski definition) is 6. The van der Waals surface area contributed by atoms with Crippen molar-refractivity contribution in [3.63, 3.8) is 0 Å². The minimum atomic E-state index is -3.76. The second-order valence-electron chi connectivity index (χ2n) is 8.17. The second kappa shape index (κ2) is 11.6. The maximum atomic E-state index is 13.5. The number of halogens is 1. The van der Waals surface area contributed by atoms with Gasteiger partial charge in [-0.05, 0) is 35.9 Å². The van der Waals surface area contributed by atoms with Gasteiger partial charge < -0.3 is 18.6 Å². The minimum Gasteiger partial charge on any atom is -0.467 e. The number of imidazole rings is 1. The molecule has 4 rings (SSSR count). The first-order chi connectivity index (χ1) is 17.4. The van der Waals surface area contributed by atoms with Crippen LogP contribution < -0.4 is 0 Å². The van der Waals surface area contributed by atoms with Crippen LogP contribution in [-0.4, -0.2) is 42.5 Å². The molecule has 4 aromatic rings. The van der Waals surface area contributed by atoms with E-state index in [-0.39, 0.29) is 43.1 Å². The van der Waals surface area contributed by atoms with Crippen molar-refractivity contribution in [3.8, 4) is 0 Å². The lowest BCUT2D eigenvalue weighted by atomic mass is 10.2. The summed E-state index contributed by atoms with van der Waals surface area (Å²) in [5.41, 5.74) is 1.63. The summed E-state index contributed by atoms with van der Waals surface area (Å²) in [6.45, 7) is 0.816. The molecule has 2 aromatic carbocycles. The Bertz CT molecular complexity index is 1400. The van der Waals surface area contributed by atoms with Crippen LogP contribution >= 0.6 is 11.6 Å². The summed E-state index contributed by atoms with van der Waals surface area (Å²) in [4.78, 5) is 19.3. The van der Waals surface area contributed by atoms with Gasteiger partial charge in [0.25, 0.3) is 5.91 Å². The van der Waals surface area contributed by atoms with Gasteiger partial charge in [-0.1, -0.05) is 48.0 Å². The first-order valence-corrected chi connectivity index (χ1v) is 13.3. The van der Waals surface area contributed by atoms with E-state index in [1.165, 1.54) is 12.5 Å². The molecule has 1 amide bonds. The Balaban J connectivity index is 1.68. The molecule has 36 heavy (non-hydrogen) atoms. The molecule has 2 aromatic heterocycles. The van der Waals surface area contributed by atoms with Gasteiger partial charge in [0.05, 0.1) is 43.6 Å². The van der Waals surface area contributed by atoms with Crippen LogP contribution in [0.15, 0.2) is 88.8 Å². The van der Waals surface area contributed by atoms with Crippen LogP contribution in [0.2, 0.25) is 5.02 Å². The molecule has 0 N–H and O–H groups in total. The Morgan fingerprint density at radius 3 is 2.58 bits per heavy atom. The molecular weight excluding hydrogens is 502 g/mol. The summed E-state index contributed by atoms with van der Waals surface area (Å²) in [5.74, 6) is 0.127. The molecule has 8 nitrogen and oxygen atoms in total. The minimum absolute atomic E-state index is 0.0634. The molecule has 0 saturated carbocycles. The van der Waals surface area contributed by atoms with Crippen molar-refractivity contribution in [3.05, 3.63) is 107 Å². The third kappa shape index (κ3) is 6.23. The molecule has 0 saturated heterocycles. The van der Waals surface area contributed by atoms with Crippen LogP contribution in [0.25, 0.3) is 0 Å². The maximum absolute atomic E-state index is 13.5. The van der Waals surface area contributed by atoms with Gasteiger partial charge in [-0.3, -0.25) is 4.79 Å². The number of furan rings is 1. The Labute approximate surface area is 215 Å². The van der Waals surface area contributed by atoms with Gasteiger partial charge in [-0.15, -0.1) is 0 Å². The van der Waals surface area contributed by atoms with Gasteiger partial charge in [0.2, 0.25) is 15.0 Å². The van der Waals surface area contributed by atoms with Crippen LogP contribution in [0.3, 0.4) is 0 Å². The number of rotatable bonds is 11. The second-order valence-corrected chi connectivity index (χ2v) is 10.5. The Morgan fingerprint density at radius 1 is 1.08 bits per heavy atom. The number of aromatic nitrogens is 2. The predicted molar refractivity (Wildman–Crippen MR) is 135 cm³/mol. The van der Waals surface area contributed by atoms with Crippen LogP contribution in [0.4, 0.5) is 0 Å². The molecule has 0 bridgehead atoms. The summed E-state index contributed by atoms with van der Waals surface area (Å²) in [5, 5.41) is 0.379. The molecule has 0 aliphatic rings. The molecule has 0 spiro atoms. The number of amides is 1. The normalized spacial score (nSPS) is 11.5. The van der Waals surface area contributed by atoms with Crippen molar-refractivity contribution in [2.75, 3.05) is 13.7 Å². The molecular formula is C26H26ClN3O5S.